The predicted molar refractivity (Wildman–Crippen MR) is 82.6 cm³/mol. The number of rotatable bonds is 3. The second kappa shape index (κ2) is 6.48. The largest absolute Gasteiger partial charge is 0.488 e. The number of aliphatic hydroxyl groups excluding tert-OH is 1. The van der Waals surface area contributed by atoms with Crippen molar-refractivity contribution < 1.29 is 14.6 Å². The van der Waals surface area contributed by atoms with Gasteiger partial charge in [0.15, 0.2) is 0 Å². The van der Waals surface area contributed by atoms with E-state index in [1.807, 2.05) is 32.9 Å². The van der Waals surface area contributed by atoms with Gasteiger partial charge in [-0.25, -0.2) is 0 Å². The van der Waals surface area contributed by atoms with Gasteiger partial charge in [-0.15, -0.1) is 0 Å². The fraction of sp³-hybridized carbons (Fsp3) is 0.588. The molecule has 21 heavy (non-hydrogen) atoms. The SMILES string of the molecule is CC(C)(C)Oc1ccc(C(=O)NC2CCC(O)CC2)cc1. The molecule has 0 heterocycles. The Morgan fingerprint density at radius 2 is 1.71 bits per heavy atom. The summed E-state index contributed by atoms with van der Waals surface area (Å²) in [5.74, 6) is 0.707. The molecule has 2 N–H and O–H groups in total. The maximum Gasteiger partial charge on any atom is 0.251 e. The van der Waals surface area contributed by atoms with Crippen molar-refractivity contribution in [3.63, 3.8) is 0 Å². The van der Waals surface area contributed by atoms with Crippen LogP contribution in [-0.4, -0.2) is 28.8 Å². The molecule has 1 amide bonds. The van der Waals surface area contributed by atoms with Crippen LogP contribution in [0.5, 0.6) is 5.75 Å². The molecule has 1 aliphatic rings. The molecule has 0 aliphatic heterocycles. The van der Waals surface area contributed by atoms with Gasteiger partial charge in [-0.2, -0.15) is 0 Å². The second-order valence-corrected chi connectivity index (χ2v) is 6.72. The van der Waals surface area contributed by atoms with Gasteiger partial charge in [0.05, 0.1) is 6.10 Å². The molecule has 1 saturated carbocycles. The Hall–Kier alpha value is -1.55. The molecule has 0 radical (unpaired) electrons. The van der Waals surface area contributed by atoms with Crippen LogP contribution in [0.25, 0.3) is 0 Å². The van der Waals surface area contributed by atoms with E-state index in [1.165, 1.54) is 0 Å². The van der Waals surface area contributed by atoms with E-state index in [4.69, 9.17) is 4.74 Å². The lowest BCUT2D eigenvalue weighted by Crippen LogP contribution is -2.38. The van der Waals surface area contributed by atoms with Crippen molar-refractivity contribution in [1.29, 1.82) is 0 Å². The Labute approximate surface area is 126 Å². The van der Waals surface area contributed by atoms with E-state index in [1.54, 1.807) is 12.1 Å². The summed E-state index contributed by atoms with van der Waals surface area (Å²) < 4.78 is 5.74. The van der Waals surface area contributed by atoms with Gasteiger partial charge in [-0.1, -0.05) is 0 Å². The van der Waals surface area contributed by atoms with E-state index >= 15 is 0 Å². The van der Waals surface area contributed by atoms with E-state index in [2.05, 4.69) is 5.32 Å². The zero-order valence-corrected chi connectivity index (χ0v) is 13.1. The molecule has 2 rings (SSSR count). The average molecular weight is 291 g/mol. The number of ether oxygens (including phenoxy) is 1. The molecule has 0 aromatic heterocycles. The monoisotopic (exact) mass is 291 g/mol. The fourth-order valence-corrected chi connectivity index (χ4v) is 2.52. The summed E-state index contributed by atoms with van der Waals surface area (Å²) in [5.41, 5.74) is 0.398. The van der Waals surface area contributed by atoms with E-state index in [0.29, 0.717) is 5.56 Å². The first-order valence-corrected chi connectivity index (χ1v) is 7.61. The third kappa shape index (κ3) is 5.05. The molecular formula is C17H25NO3. The van der Waals surface area contributed by atoms with Crippen LogP contribution < -0.4 is 10.1 Å². The molecule has 1 aliphatic carbocycles. The zero-order chi connectivity index (χ0) is 15.5. The van der Waals surface area contributed by atoms with Crippen LogP contribution in [0.1, 0.15) is 56.8 Å². The number of benzene rings is 1. The van der Waals surface area contributed by atoms with Crippen molar-refractivity contribution in [2.75, 3.05) is 0 Å². The molecule has 0 bridgehead atoms. The fourth-order valence-electron chi connectivity index (χ4n) is 2.52. The molecule has 0 unspecified atom stereocenters. The van der Waals surface area contributed by atoms with Crippen LogP contribution in [0, 0.1) is 0 Å². The summed E-state index contributed by atoms with van der Waals surface area (Å²) in [6, 6.07) is 7.39. The van der Waals surface area contributed by atoms with E-state index in [0.717, 1.165) is 31.4 Å². The number of aliphatic hydroxyl groups is 1. The maximum absolute atomic E-state index is 12.2. The Balaban J connectivity index is 1.91. The van der Waals surface area contributed by atoms with Gasteiger partial charge in [0.1, 0.15) is 11.4 Å². The molecule has 1 fully saturated rings. The van der Waals surface area contributed by atoms with Crippen molar-refractivity contribution in [3.8, 4) is 5.75 Å². The quantitative estimate of drug-likeness (QED) is 0.900. The Morgan fingerprint density at radius 1 is 1.14 bits per heavy atom. The number of amides is 1. The molecule has 0 spiro atoms. The Morgan fingerprint density at radius 3 is 2.24 bits per heavy atom. The molecule has 0 saturated heterocycles. The molecule has 1 aromatic rings. The van der Waals surface area contributed by atoms with Crippen molar-refractivity contribution in [2.24, 2.45) is 0 Å². The molecule has 1 aromatic carbocycles. The molecular weight excluding hydrogens is 266 g/mol. The first-order valence-electron chi connectivity index (χ1n) is 7.61. The third-order valence-corrected chi connectivity index (χ3v) is 3.57. The number of hydrogen-bond donors (Lipinski definition) is 2. The summed E-state index contributed by atoms with van der Waals surface area (Å²) in [7, 11) is 0. The summed E-state index contributed by atoms with van der Waals surface area (Å²) >= 11 is 0. The van der Waals surface area contributed by atoms with Gasteiger partial charge >= 0.3 is 0 Å². The van der Waals surface area contributed by atoms with Crippen molar-refractivity contribution in [3.05, 3.63) is 29.8 Å². The topological polar surface area (TPSA) is 58.6 Å². The van der Waals surface area contributed by atoms with Gasteiger partial charge in [0.2, 0.25) is 0 Å². The molecule has 4 heteroatoms. The average Bonchev–Trinajstić information content (AvgIpc) is 2.40. The molecule has 0 atom stereocenters. The highest BCUT2D eigenvalue weighted by Gasteiger charge is 2.21. The minimum Gasteiger partial charge on any atom is -0.488 e. The van der Waals surface area contributed by atoms with Gasteiger partial charge in [0.25, 0.3) is 5.91 Å². The van der Waals surface area contributed by atoms with Crippen LogP contribution in [0.2, 0.25) is 0 Å². The standard InChI is InChI=1S/C17H25NO3/c1-17(2,3)21-15-10-4-12(5-11-15)16(20)18-13-6-8-14(19)9-7-13/h4-5,10-11,13-14,19H,6-9H2,1-3H3,(H,18,20). The van der Waals surface area contributed by atoms with Gasteiger partial charge in [-0.3, -0.25) is 4.79 Å². The van der Waals surface area contributed by atoms with Crippen LogP contribution >= 0.6 is 0 Å². The van der Waals surface area contributed by atoms with E-state index in [-0.39, 0.29) is 23.7 Å². The number of nitrogens with one attached hydrogen (secondary N) is 1. The predicted octanol–water partition coefficient (Wildman–Crippen LogP) is 2.90. The normalized spacial score (nSPS) is 22.7. The zero-order valence-electron chi connectivity index (χ0n) is 13.1. The van der Waals surface area contributed by atoms with Crippen molar-refractivity contribution >= 4 is 5.91 Å². The lowest BCUT2D eigenvalue weighted by molar-refractivity contribution is 0.0867. The van der Waals surface area contributed by atoms with Gasteiger partial charge in [0, 0.05) is 11.6 Å². The summed E-state index contributed by atoms with van der Waals surface area (Å²) in [6.07, 6.45) is 3.02. The lowest BCUT2D eigenvalue weighted by atomic mass is 9.93. The van der Waals surface area contributed by atoms with Crippen LogP contribution in [0.4, 0.5) is 0 Å². The highest BCUT2D eigenvalue weighted by Crippen LogP contribution is 2.20. The number of hydrogen-bond acceptors (Lipinski definition) is 3. The molecule has 4 nitrogen and oxygen atoms in total. The molecule has 116 valence electrons. The summed E-state index contributed by atoms with van der Waals surface area (Å²) in [4.78, 5) is 12.2. The highest BCUT2D eigenvalue weighted by molar-refractivity contribution is 5.94. The number of carbonyl (C=O) groups excluding carboxylic acids is 1. The first-order chi connectivity index (χ1) is 9.83. The van der Waals surface area contributed by atoms with Crippen molar-refractivity contribution in [2.45, 2.75) is 64.2 Å². The Kier molecular flexibility index (Phi) is 4.88. The smallest absolute Gasteiger partial charge is 0.251 e. The Bertz CT molecular complexity index is 468. The van der Waals surface area contributed by atoms with E-state index < -0.39 is 0 Å². The summed E-state index contributed by atoms with van der Waals surface area (Å²) in [6.45, 7) is 5.97. The minimum absolute atomic E-state index is 0.0568. The van der Waals surface area contributed by atoms with Crippen LogP contribution in [0.15, 0.2) is 24.3 Å². The third-order valence-electron chi connectivity index (χ3n) is 3.57. The first kappa shape index (κ1) is 15.8. The number of carbonyl (C=O) groups is 1. The van der Waals surface area contributed by atoms with Gasteiger partial charge in [-0.05, 0) is 70.7 Å². The van der Waals surface area contributed by atoms with Crippen LogP contribution in [-0.2, 0) is 0 Å². The van der Waals surface area contributed by atoms with E-state index in [9.17, 15) is 9.90 Å². The second-order valence-electron chi connectivity index (χ2n) is 6.72. The van der Waals surface area contributed by atoms with Gasteiger partial charge < -0.3 is 15.2 Å². The summed E-state index contributed by atoms with van der Waals surface area (Å²) in [5, 5.41) is 12.5. The van der Waals surface area contributed by atoms with Crippen molar-refractivity contribution in [1.82, 2.24) is 5.32 Å². The van der Waals surface area contributed by atoms with Crippen LogP contribution in [0.3, 0.4) is 0 Å². The lowest BCUT2D eigenvalue weighted by Gasteiger charge is -2.26. The maximum atomic E-state index is 12.2. The minimum atomic E-state index is -0.243. The highest BCUT2D eigenvalue weighted by atomic mass is 16.5.